The predicted octanol–water partition coefficient (Wildman–Crippen LogP) is 3.69. The van der Waals surface area contributed by atoms with Crippen LogP contribution < -0.4 is 5.32 Å². The molecule has 0 saturated heterocycles. The van der Waals surface area contributed by atoms with Gasteiger partial charge in [0, 0.05) is 22.0 Å². The first-order chi connectivity index (χ1) is 12.3. The summed E-state index contributed by atoms with van der Waals surface area (Å²) >= 11 is 2.85. The van der Waals surface area contributed by atoms with Crippen molar-refractivity contribution in [2.45, 2.75) is 11.8 Å². The maximum atomic E-state index is 11.9. The van der Waals surface area contributed by atoms with E-state index in [0.29, 0.717) is 17.7 Å². The summed E-state index contributed by atoms with van der Waals surface area (Å²) in [6.07, 6.45) is 1.85. The standard InChI is InChI=1S/C17H14N4O2S2/c22-15(19-8-11-4-3-7-24-11)10-25-17-21-20-16(23-17)13-9-18-14-6-2-1-5-12(13)14/h1-7,9,18H,8,10H2,(H,19,22). The number of benzene rings is 1. The second kappa shape index (κ2) is 7.12. The summed E-state index contributed by atoms with van der Waals surface area (Å²) in [5.74, 6) is 0.616. The van der Waals surface area contributed by atoms with Crippen LogP contribution in [-0.2, 0) is 11.3 Å². The highest BCUT2D eigenvalue weighted by Gasteiger charge is 2.14. The van der Waals surface area contributed by atoms with E-state index in [1.807, 2.05) is 48.0 Å². The normalized spacial score (nSPS) is 11.0. The summed E-state index contributed by atoms with van der Waals surface area (Å²) in [6, 6.07) is 11.9. The van der Waals surface area contributed by atoms with Crippen molar-refractivity contribution in [3.63, 3.8) is 0 Å². The quantitative estimate of drug-likeness (QED) is 0.506. The van der Waals surface area contributed by atoms with Crippen LogP contribution in [0.2, 0.25) is 0 Å². The minimum Gasteiger partial charge on any atom is -0.411 e. The predicted molar refractivity (Wildman–Crippen MR) is 98.5 cm³/mol. The SMILES string of the molecule is O=C(CSc1nnc(-c2c[nH]c3ccccc23)o1)NCc1cccs1. The zero-order valence-electron chi connectivity index (χ0n) is 13.1. The van der Waals surface area contributed by atoms with Crippen molar-refractivity contribution < 1.29 is 9.21 Å². The molecule has 0 radical (unpaired) electrons. The fraction of sp³-hybridized carbons (Fsp3) is 0.118. The number of thiophene rings is 1. The second-order valence-corrected chi connectivity index (χ2v) is 7.22. The number of carbonyl (C=O) groups excluding carboxylic acids is 1. The first kappa shape index (κ1) is 15.9. The van der Waals surface area contributed by atoms with Gasteiger partial charge in [0.25, 0.3) is 11.1 Å². The molecule has 1 aromatic carbocycles. The van der Waals surface area contributed by atoms with Crippen molar-refractivity contribution in [1.82, 2.24) is 20.5 Å². The van der Waals surface area contributed by atoms with E-state index in [1.165, 1.54) is 11.8 Å². The molecule has 1 amide bonds. The second-order valence-electron chi connectivity index (χ2n) is 5.27. The van der Waals surface area contributed by atoms with Crippen LogP contribution in [0.25, 0.3) is 22.4 Å². The van der Waals surface area contributed by atoms with Gasteiger partial charge in [-0.15, -0.1) is 21.5 Å². The van der Waals surface area contributed by atoms with Crippen LogP contribution in [0.4, 0.5) is 0 Å². The Bertz CT molecular complexity index is 991. The van der Waals surface area contributed by atoms with Crippen LogP contribution in [0, 0.1) is 0 Å². The highest BCUT2D eigenvalue weighted by molar-refractivity contribution is 7.99. The maximum absolute atomic E-state index is 11.9. The third-order valence-electron chi connectivity index (χ3n) is 3.59. The van der Waals surface area contributed by atoms with Crippen LogP contribution in [0.3, 0.4) is 0 Å². The van der Waals surface area contributed by atoms with Crippen LogP contribution >= 0.6 is 23.1 Å². The van der Waals surface area contributed by atoms with Crippen molar-refractivity contribution in [1.29, 1.82) is 0 Å². The number of carbonyl (C=O) groups is 1. The lowest BCUT2D eigenvalue weighted by Crippen LogP contribution is -2.24. The molecule has 4 aromatic rings. The first-order valence-corrected chi connectivity index (χ1v) is 9.48. The van der Waals surface area contributed by atoms with Gasteiger partial charge < -0.3 is 14.7 Å². The van der Waals surface area contributed by atoms with Crippen molar-refractivity contribution in [3.8, 4) is 11.5 Å². The lowest BCUT2D eigenvalue weighted by atomic mass is 10.2. The van der Waals surface area contributed by atoms with Gasteiger partial charge in [-0.3, -0.25) is 4.79 Å². The van der Waals surface area contributed by atoms with Gasteiger partial charge in [0.2, 0.25) is 5.91 Å². The molecular weight excluding hydrogens is 356 g/mol. The molecule has 25 heavy (non-hydrogen) atoms. The Morgan fingerprint density at radius 1 is 1.24 bits per heavy atom. The average Bonchev–Trinajstić information content (AvgIpc) is 3.37. The van der Waals surface area contributed by atoms with Gasteiger partial charge in [-0.1, -0.05) is 36.0 Å². The molecule has 0 atom stereocenters. The number of rotatable bonds is 6. The number of thioether (sulfide) groups is 1. The number of aromatic amines is 1. The van der Waals surface area contributed by atoms with E-state index in [2.05, 4.69) is 20.5 Å². The number of fused-ring (bicyclic) bond motifs is 1. The van der Waals surface area contributed by atoms with E-state index in [0.717, 1.165) is 21.3 Å². The number of nitrogens with one attached hydrogen (secondary N) is 2. The summed E-state index contributed by atoms with van der Waals surface area (Å²) in [6.45, 7) is 0.543. The molecule has 0 spiro atoms. The van der Waals surface area contributed by atoms with Gasteiger partial charge in [-0.05, 0) is 17.5 Å². The zero-order chi connectivity index (χ0) is 17.1. The molecular formula is C17H14N4O2S2. The monoisotopic (exact) mass is 370 g/mol. The van der Waals surface area contributed by atoms with Crippen LogP contribution in [0.5, 0.6) is 0 Å². The highest BCUT2D eigenvalue weighted by atomic mass is 32.2. The fourth-order valence-corrected chi connectivity index (χ4v) is 3.64. The van der Waals surface area contributed by atoms with E-state index in [-0.39, 0.29) is 11.7 Å². The molecule has 6 nitrogen and oxygen atoms in total. The first-order valence-electron chi connectivity index (χ1n) is 7.61. The molecule has 0 aliphatic carbocycles. The van der Waals surface area contributed by atoms with Gasteiger partial charge in [-0.2, -0.15) is 0 Å². The summed E-state index contributed by atoms with van der Waals surface area (Å²) in [7, 11) is 0. The summed E-state index contributed by atoms with van der Waals surface area (Å²) in [5, 5.41) is 14.4. The number of nitrogens with zero attached hydrogens (tertiary/aromatic N) is 2. The molecule has 8 heteroatoms. The molecule has 0 unspecified atom stereocenters. The lowest BCUT2D eigenvalue weighted by Gasteiger charge is -2.01. The minimum absolute atomic E-state index is 0.0646. The maximum Gasteiger partial charge on any atom is 0.277 e. The third-order valence-corrected chi connectivity index (χ3v) is 5.29. The summed E-state index contributed by atoms with van der Waals surface area (Å²) in [5.41, 5.74) is 1.87. The molecule has 3 aromatic heterocycles. The molecule has 2 N–H and O–H groups in total. The van der Waals surface area contributed by atoms with E-state index in [1.54, 1.807) is 11.3 Å². The summed E-state index contributed by atoms with van der Waals surface area (Å²) in [4.78, 5) is 16.2. The van der Waals surface area contributed by atoms with Gasteiger partial charge in [0.1, 0.15) is 0 Å². The topological polar surface area (TPSA) is 83.8 Å². The molecule has 0 fully saturated rings. The summed E-state index contributed by atoms with van der Waals surface area (Å²) < 4.78 is 5.68. The molecule has 3 heterocycles. The largest absolute Gasteiger partial charge is 0.411 e. The van der Waals surface area contributed by atoms with Gasteiger partial charge in [-0.25, -0.2) is 0 Å². The Balaban J connectivity index is 1.37. The molecule has 0 aliphatic heterocycles. The van der Waals surface area contributed by atoms with Crippen LogP contribution in [-0.4, -0.2) is 26.8 Å². The van der Waals surface area contributed by atoms with Crippen molar-refractivity contribution >= 4 is 39.9 Å². The Labute approximate surface area is 151 Å². The van der Waals surface area contributed by atoms with E-state index in [9.17, 15) is 4.79 Å². The number of hydrogen-bond acceptors (Lipinski definition) is 6. The number of amides is 1. The molecule has 0 saturated carbocycles. The van der Waals surface area contributed by atoms with Crippen molar-refractivity contribution in [2.75, 3.05) is 5.75 Å². The molecule has 4 rings (SSSR count). The number of hydrogen-bond donors (Lipinski definition) is 2. The van der Waals surface area contributed by atoms with E-state index >= 15 is 0 Å². The number of H-pyrrole nitrogens is 1. The lowest BCUT2D eigenvalue weighted by molar-refractivity contribution is -0.118. The van der Waals surface area contributed by atoms with Gasteiger partial charge in [0.05, 0.1) is 17.9 Å². The van der Waals surface area contributed by atoms with Crippen molar-refractivity contribution in [2.24, 2.45) is 0 Å². The minimum atomic E-state index is -0.0646. The van der Waals surface area contributed by atoms with Gasteiger partial charge in [0.15, 0.2) is 0 Å². The Morgan fingerprint density at radius 3 is 3.04 bits per heavy atom. The molecule has 0 bridgehead atoms. The van der Waals surface area contributed by atoms with Crippen LogP contribution in [0.15, 0.2) is 57.6 Å². The average molecular weight is 370 g/mol. The zero-order valence-corrected chi connectivity index (χ0v) is 14.7. The molecule has 126 valence electrons. The highest BCUT2D eigenvalue weighted by Crippen LogP contribution is 2.29. The Kier molecular flexibility index (Phi) is 4.53. The van der Waals surface area contributed by atoms with Crippen molar-refractivity contribution in [3.05, 3.63) is 52.9 Å². The van der Waals surface area contributed by atoms with E-state index < -0.39 is 0 Å². The smallest absolute Gasteiger partial charge is 0.277 e. The third kappa shape index (κ3) is 3.59. The molecule has 0 aliphatic rings. The number of aromatic nitrogens is 3. The number of para-hydroxylation sites is 1. The Morgan fingerprint density at radius 2 is 2.16 bits per heavy atom. The Hall–Kier alpha value is -2.58. The van der Waals surface area contributed by atoms with Crippen LogP contribution in [0.1, 0.15) is 4.88 Å². The van der Waals surface area contributed by atoms with Gasteiger partial charge >= 0.3 is 0 Å². The van der Waals surface area contributed by atoms with E-state index in [4.69, 9.17) is 4.42 Å². The fourth-order valence-electron chi connectivity index (χ4n) is 2.40.